The van der Waals surface area contributed by atoms with Gasteiger partial charge >= 0.3 is 5.97 Å². The van der Waals surface area contributed by atoms with Crippen molar-refractivity contribution in [1.82, 2.24) is 4.98 Å². The van der Waals surface area contributed by atoms with Crippen LogP contribution in [0.15, 0.2) is 33.9 Å². The van der Waals surface area contributed by atoms with Crippen LogP contribution in [0.4, 0.5) is 0 Å². The fourth-order valence-corrected chi connectivity index (χ4v) is 3.73. The Bertz CT molecular complexity index is 841. The van der Waals surface area contributed by atoms with E-state index in [1.807, 2.05) is 10.8 Å². The van der Waals surface area contributed by atoms with Gasteiger partial charge in [-0.2, -0.15) is 0 Å². The number of rotatable bonds is 1. The van der Waals surface area contributed by atoms with Crippen molar-refractivity contribution in [2.24, 2.45) is 0 Å². The maximum atomic E-state index is 12.1. The molecule has 0 aliphatic rings. The number of aromatic amines is 1. The number of H-pyrrole nitrogens is 1. The average Bonchev–Trinajstić information content (AvgIpc) is 2.55. The Morgan fingerprint density at radius 3 is 2.61 bits per heavy atom. The van der Waals surface area contributed by atoms with Gasteiger partial charge in [-0.25, -0.2) is 4.79 Å². The molecule has 3 rings (SSSR count). The van der Waals surface area contributed by atoms with Crippen molar-refractivity contribution in [3.63, 3.8) is 0 Å². The molecule has 6 heteroatoms. The maximum absolute atomic E-state index is 12.1. The molecule has 0 saturated heterocycles. The third-order valence-corrected chi connectivity index (χ3v) is 4.76. The van der Waals surface area contributed by atoms with Crippen molar-refractivity contribution < 1.29 is 9.90 Å². The van der Waals surface area contributed by atoms with Crippen molar-refractivity contribution in [3.8, 4) is 0 Å². The summed E-state index contributed by atoms with van der Waals surface area (Å²) in [5.74, 6) is -1.02. The SMILES string of the molecule is O=C(O)c1ccc2c([nH]c1)c(=O)c1sccsc12. The Balaban J connectivity index is 2.52. The van der Waals surface area contributed by atoms with Gasteiger partial charge in [0.1, 0.15) is 0 Å². The molecule has 0 bridgehead atoms. The van der Waals surface area contributed by atoms with Gasteiger partial charge in [-0.3, -0.25) is 4.79 Å². The van der Waals surface area contributed by atoms with E-state index in [9.17, 15) is 9.59 Å². The van der Waals surface area contributed by atoms with Gasteiger partial charge in [-0.05, 0) is 6.07 Å². The number of carboxylic acids is 1. The van der Waals surface area contributed by atoms with E-state index >= 15 is 0 Å². The van der Waals surface area contributed by atoms with E-state index in [1.54, 1.807) is 6.07 Å². The molecule has 18 heavy (non-hydrogen) atoms. The van der Waals surface area contributed by atoms with Crippen LogP contribution < -0.4 is 5.43 Å². The maximum Gasteiger partial charge on any atom is 0.337 e. The summed E-state index contributed by atoms with van der Waals surface area (Å²) in [5, 5.41) is 13.5. The van der Waals surface area contributed by atoms with Crippen LogP contribution in [-0.2, 0) is 0 Å². The minimum atomic E-state index is -1.02. The molecular weight excluding hydrogens is 270 g/mol. The summed E-state index contributed by atoms with van der Waals surface area (Å²) in [7, 11) is 0. The van der Waals surface area contributed by atoms with Crippen LogP contribution in [-0.4, -0.2) is 16.1 Å². The molecule has 2 aromatic heterocycles. The summed E-state index contributed by atoms with van der Waals surface area (Å²) in [5.41, 5.74) is 0.508. The quantitative estimate of drug-likeness (QED) is 0.718. The van der Waals surface area contributed by atoms with Gasteiger partial charge in [-0.1, -0.05) is 6.07 Å². The normalized spacial score (nSPS) is 10.9. The molecule has 0 saturated carbocycles. The highest BCUT2D eigenvalue weighted by molar-refractivity contribution is 7.27. The van der Waals surface area contributed by atoms with E-state index < -0.39 is 5.97 Å². The second-order valence-corrected chi connectivity index (χ2v) is 5.50. The van der Waals surface area contributed by atoms with Crippen LogP contribution in [0.25, 0.3) is 20.3 Å². The highest BCUT2D eigenvalue weighted by Crippen LogP contribution is 2.28. The molecule has 3 aromatic rings. The first-order chi connectivity index (χ1) is 8.68. The molecule has 1 aromatic carbocycles. The fourth-order valence-electron chi connectivity index (χ4n) is 1.80. The first-order valence-electron chi connectivity index (χ1n) is 5.08. The lowest BCUT2D eigenvalue weighted by Crippen LogP contribution is -1.95. The summed E-state index contributed by atoms with van der Waals surface area (Å²) in [6, 6.07) is 3.19. The number of carboxylic acid groups (broad SMARTS) is 1. The van der Waals surface area contributed by atoms with Crippen molar-refractivity contribution in [3.05, 3.63) is 44.9 Å². The molecule has 0 aliphatic carbocycles. The monoisotopic (exact) mass is 277 g/mol. The van der Waals surface area contributed by atoms with Gasteiger partial charge in [0.25, 0.3) is 0 Å². The number of hydrogen-bond acceptors (Lipinski definition) is 4. The summed E-state index contributed by atoms with van der Waals surface area (Å²) >= 11 is 2.88. The highest BCUT2D eigenvalue weighted by Gasteiger charge is 2.11. The minimum Gasteiger partial charge on any atom is -0.478 e. The Morgan fingerprint density at radius 1 is 1.17 bits per heavy atom. The zero-order valence-electron chi connectivity index (χ0n) is 8.97. The molecule has 0 amide bonds. The predicted molar refractivity (Wildman–Crippen MR) is 73.6 cm³/mol. The molecule has 0 radical (unpaired) electrons. The second kappa shape index (κ2) is 4.08. The summed E-state index contributed by atoms with van der Waals surface area (Å²) in [6.07, 6.45) is 1.35. The number of hydrogen-bond donors (Lipinski definition) is 2. The van der Waals surface area contributed by atoms with Gasteiger partial charge in [0, 0.05) is 22.3 Å². The lowest BCUT2D eigenvalue weighted by molar-refractivity contribution is 0.0696. The van der Waals surface area contributed by atoms with Gasteiger partial charge in [0.2, 0.25) is 5.43 Å². The molecule has 2 N–H and O–H groups in total. The van der Waals surface area contributed by atoms with Crippen molar-refractivity contribution in [2.75, 3.05) is 0 Å². The van der Waals surface area contributed by atoms with Crippen LogP contribution in [0.3, 0.4) is 0 Å². The standard InChI is InChI=1S/C12H7NO3S2/c14-9-8-7(10-11(9)18-4-3-17-10)2-1-6(5-13-8)12(15)16/h1-5,13H,(H,15,16). The molecule has 0 atom stereocenters. The van der Waals surface area contributed by atoms with Gasteiger partial charge < -0.3 is 10.1 Å². The minimum absolute atomic E-state index is 0.0746. The smallest absolute Gasteiger partial charge is 0.337 e. The second-order valence-electron chi connectivity index (χ2n) is 3.67. The van der Waals surface area contributed by atoms with Gasteiger partial charge in [0.05, 0.1) is 20.5 Å². The highest BCUT2D eigenvalue weighted by atomic mass is 32.1. The Kier molecular flexibility index (Phi) is 2.53. The molecular formula is C12H7NO3S2. The van der Waals surface area contributed by atoms with Gasteiger partial charge in [-0.15, -0.1) is 22.7 Å². The number of nitrogens with one attached hydrogen (secondary N) is 1. The van der Waals surface area contributed by atoms with Gasteiger partial charge in [0.15, 0.2) is 0 Å². The van der Waals surface area contributed by atoms with Crippen LogP contribution in [0.2, 0.25) is 0 Å². The third-order valence-electron chi connectivity index (χ3n) is 2.63. The van der Waals surface area contributed by atoms with Crippen molar-refractivity contribution in [2.45, 2.75) is 0 Å². The van der Waals surface area contributed by atoms with E-state index in [4.69, 9.17) is 5.11 Å². The zero-order chi connectivity index (χ0) is 12.7. The van der Waals surface area contributed by atoms with Crippen LogP contribution >= 0.6 is 22.7 Å². The van der Waals surface area contributed by atoms with Crippen molar-refractivity contribution >= 4 is 48.9 Å². The summed E-state index contributed by atoms with van der Waals surface area (Å²) < 4.78 is 1.60. The summed E-state index contributed by atoms with van der Waals surface area (Å²) in [4.78, 5) is 25.9. The average molecular weight is 277 g/mol. The molecule has 90 valence electrons. The van der Waals surface area contributed by atoms with Crippen LogP contribution in [0.1, 0.15) is 10.4 Å². The lowest BCUT2D eigenvalue weighted by Gasteiger charge is -1.86. The van der Waals surface area contributed by atoms with E-state index in [0.717, 1.165) is 10.1 Å². The number of fused-ring (bicyclic) bond motifs is 3. The number of aromatic nitrogens is 1. The number of carbonyl (C=O) groups is 1. The molecule has 0 fully saturated rings. The van der Waals surface area contributed by atoms with E-state index in [1.165, 1.54) is 34.9 Å². The Morgan fingerprint density at radius 2 is 1.89 bits per heavy atom. The van der Waals surface area contributed by atoms with Crippen LogP contribution in [0.5, 0.6) is 0 Å². The van der Waals surface area contributed by atoms with Crippen molar-refractivity contribution in [1.29, 1.82) is 0 Å². The molecule has 2 heterocycles. The first kappa shape index (κ1) is 11.2. The van der Waals surface area contributed by atoms with E-state index in [-0.39, 0.29) is 11.0 Å². The topological polar surface area (TPSA) is 70.2 Å². The number of aromatic carboxylic acids is 1. The predicted octanol–water partition coefficient (Wildman–Crippen LogP) is 3.06. The first-order valence-corrected chi connectivity index (χ1v) is 6.84. The van der Waals surface area contributed by atoms with Crippen LogP contribution in [0, 0.1) is 0 Å². The summed E-state index contributed by atoms with van der Waals surface area (Å²) in [6.45, 7) is 0. The Hall–Kier alpha value is -1.92. The zero-order valence-corrected chi connectivity index (χ0v) is 10.6. The molecule has 0 spiro atoms. The molecule has 4 nitrogen and oxygen atoms in total. The molecule has 0 aliphatic heterocycles. The lowest BCUT2D eigenvalue weighted by atomic mass is 10.3. The third kappa shape index (κ3) is 1.58. The Labute approximate surface area is 109 Å². The fraction of sp³-hybridized carbons (Fsp3) is 0. The molecule has 0 unspecified atom stereocenters. The van der Waals surface area contributed by atoms with E-state index in [2.05, 4.69) is 4.98 Å². The largest absolute Gasteiger partial charge is 0.478 e. The van der Waals surface area contributed by atoms with E-state index in [0.29, 0.717) is 10.2 Å².